The van der Waals surface area contributed by atoms with Crippen LogP contribution in [-0.2, 0) is 6.54 Å². The Morgan fingerprint density at radius 3 is 2.54 bits per heavy atom. The molecule has 0 saturated carbocycles. The number of amides is 1. The minimum absolute atomic E-state index is 0.128. The molecule has 0 aliphatic heterocycles. The van der Waals surface area contributed by atoms with Gasteiger partial charge in [0.1, 0.15) is 5.75 Å². The minimum atomic E-state index is -0.128. The van der Waals surface area contributed by atoms with E-state index in [4.69, 9.17) is 4.74 Å². The summed E-state index contributed by atoms with van der Waals surface area (Å²) >= 11 is 0. The molecular weight excluding hydrogens is 326 g/mol. The third-order valence-corrected chi connectivity index (χ3v) is 4.39. The number of carbonyl (C=O) groups is 1. The van der Waals surface area contributed by atoms with Crippen molar-refractivity contribution in [1.29, 1.82) is 0 Å². The molecule has 1 amide bonds. The summed E-state index contributed by atoms with van der Waals surface area (Å²) in [6.45, 7) is 7.09. The average molecular weight is 355 g/mol. The molecule has 0 fully saturated rings. The summed E-state index contributed by atoms with van der Waals surface area (Å²) in [6, 6.07) is 15.5. The molecule has 2 N–H and O–H groups in total. The first-order valence-corrected chi connectivity index (χ1v) is 8.95. The molecule has 0 saturated heterocycles. The van der Waals surface area contributed by atoms with Crippen LogP contribution in [0.2, 0.25) is 0 Å². The number of rotatable bonds is 9. The Morgan fingerprint density at radius 2 is 1.88 bits per heavy atom. The second-order valence-corrected chi connectivity index (χ2v) is 6.63. The molecular formula is C21H29N3O2. The van der Waals surface area contributed by atoms with Crippen LogP contribution in [0.4, 0.5) is 5.69 Å². The molecule has 0 heterocycles. The fraction of sp³-hybridized carbons (Fsp3) is 0.381. The number of likely N-dealkylation sites (N-methyl/N-ethyl adjacent to an activating group) is 1. The molecule has 0 aliphatic rings. The van der Waals surface area contributed by atoms with E-state index in [9.17, 15) is 4.79 Å². The van der Waals surface area contributed by atoms with Gasteiger partial charge in [-0.15, -0.1) is 0 Å². The van der Waals surface area contributed by atoms with Crippen molar-refractivity contribution in [3.05, 3.63) is 59.7 Å². The van der Waals surface area contributed by atoms with Crippen LogP contribution in [0.25, 0.3) is 0 Å². The number of nitrogens with one attached hydrogen (secondary N) is 2. The van der Waals surface area contributed by atoms with Crippen LogP contribution in [0.1, 0.15) is 29.8 Å². The van der Waals surface area contributed by atoms with Crippen LogP contribution in [0.5, 0.6) is 5.75 Å². The lowest BCUT2D eigenvalue weighted by atomic mass is 10.1. The lowest BCUT2D eigenvalue weighted by molar-refractivity contribution is 0.102. The number of hydrogen-bond acceptors (Lipinski definition) is 4. The van der Waals surface area contributed by atoms with E-state index in [0.29, 0.717) is 11.6 Å². The summed E-state index contributed by atoms with van der Waals surface area (Å²) in [5, 5.41) is 6.39. The molecule has 26 heavy (non-hydrogen) atoms. The summed E-state index contributed by atoms with van der Waals surface area (Å²) in [5.41, 5.74) is 2.54. The van der Waals surface area contributed by atoms with E-state index in [1.807, 2.05) is 18.2 Å². The Kier molecular flexibility index (Phi) is 7.63. The number of ether oxygens (including phenoxy) is 1. The highest BCUT2D eigenvalue weighted by molar-refractivity contribution is 6.04. The molecule has 2 rings (SSSR count). The molecule has 0 aromatic heterocycles. The monoisotopic (exact) mass is 355 g/mol. The maximum atomic E-state index is 12.4. The van der Waals surface area contributed by atoms with E-state index in [1.54, 1.807) is 31.4 Å². The van der Waals surface area contributed by atoms with Crippen molar-refractivity contribution >= 4 is 11.6 Å². The molecule has 0 atom stereocenters. The van der Waals surface area contributed by atoms with Gasteiger partial charge in [0.2, 0.25) is 0 Å². The molecule has 0 unspecified atom stereocenters. The SMILES string of the molecule is COc1ccc(C(=O)Nc2cccc(CNCCN(C)C(C)C)c2)cc1. The highest BCUT2D eigenvalue weighted by Gasteiger charge is 2.07. The zero-order valence-corrected chi connectivity index (χ0v) is 16.1. The standard InChI is InChI=1S/C21H29N3O2/c1-16(2)24(3)13-12-22-15-17-6-5-7-19(14-17)23-21(25)18-8-10-20(26-4)11-9-18/h5-11,14,16,22H,12-13,15H2,1-4H3,(H,23,25). The van der Waals surface area contributed by atoms with Gasteiger partial charge in [-0.2, -0.15) is 0 Å². The van der Waals surface area contributed by atoms with Crippen molar-refractivity contribution in [2.75, 3.05) is 32.6 Å². The van der Waals surface area contributed by atoms with E-state index in [0.717, 1.165) is 36.6 Å². The summed E-state index contributed by atoms with van der Waals surface area (Å²) in [7, 11) is 3.73. The highest BCUT2D eigenvalue weighted by Crippen LogP contribution is 2.15. The van der Waals surface area contributed by atoms with Crippen molar-refractivity contribution in [2.24, 2.45) is 0 Å². The van der Waals surface area contributed by atoms with Gasteiger partial charge in [-0.3, -0.25) is 4.79 Å². The average Bonchev–Trinajstić information content (AvgIpc) is 2.65. The number of methoxy groups -OCH3 is 1. The minimum Gasteiger partial charge on any atom is -0.497 e. The quantitative estimate of drug-likeness (QED) is 0.677. The van der Waals surface area contributed by atoms with Crippen LogP contribution in [0.15, 0.2) is 48.5 Å². The van der Waals surface area contributed by atoms with Crippen LogP contribution < -0.4 is 15.4 Å². The normalized spacial score (nSPS) is 11.0. The van der Waals surface area contributed by atoms with Gasteiger partial charge >= 0.3 is 0 Å². The van der Waals surface area contributed by atoms with Crippen molar-refractivity contribution < 1.29 is 9.53 Å². The topological polar surface area (TPSA) is 53.6 Å². The summed E-state index contributed by atoms with van der Waals surface area (Å²) in [5.74, 6) is 0.606. The summed E-state index contributed by atoms with van der Waals surface area (Å²) in [6.07, 6.45) is 0. The molecule has 0 bridgehead atoms. The van der Waals surface area contributed by atoms with Crippen molar-refractivity contribution in [3.8, 4) is 5.75 Å². The number of nitrogens with zero attached hydrogens (tertiary/aromatic N) is 1. The molecule has 5 nitrogen and oxygen atoms in total. The molecule has 0 aliphatic carbocycles. The van der Waals surface area contributed by atoms with Crippen LogP contribution in [0, 0.1) is 0 Å². The lowest BCUT2D eigenvalue weighted by Crippen LogP contribution is -2.33. The Balaban J connectivity index is 1.86. The maximum Gasteiger partial charge on any atom is 0.255 e. The summed E-state index contributed by atoms with van der Waals surface area (Å²) in [4.78, 5) is 14.7. The van der Waals surface area contributed by atoms with Crippen molar-refractivity contribution in [2.45, 2.75) is 26.4 Å². The van der Waals surface area contributed by atoms with Gasteiger partial charge in [0.15, 0.2) is 0 Å². The van der Waals surface area contributed by atoms with Gasteiger partial charge in [-0.1, -0.05) is 12.1 Å². The lowest BCUT2D eigenvalue weighted by Gasteiger charge is -2.21. The molecule has 2 aromatic carbocycles. The predicted octanol–water partition coefficient (Wildman–Crippen LogP) is 3.38. The predicted molar refractivity (Wildman–Crippen MR) is 107 cm³/mol. The first-order valence-electron chi connectivity index (χ1n) is 8.95. The van der Waals surface area contributed by atoms with Gasteiger partial charge in [-0.25, -0.2) is 0 Å². The number of benzene rings is 2. The molecule has 140 valence electrons. The van der Waals surface area contributed by atoms with Crippen molar-refractivity contribution in [3.63, 3.8) is 0 Å². The van der Waals surface area contributed by atoms with Gasteiger partial charge < -0.3 is 20.3 Å². The van der Waals surface area contributed by atoms with E-state index in [-0.39, 0.29) is 5.91 Å². The van der Waals surface area contributed by atoms with Crippen LogP contribution in [0.3, 0.4) is 0 Å². The smallest absolute Gasteiger partial charge is 0.255 e. The number of carbonyl (C=O) groups excluding carboxylic acids is 1. The third kappa shape index (κ3) is 6.17. The maximum absolute atomic E-state index is 12.4. The fourth-order valence-electron chi connectivity index (χ4n) is 2.45. The number of anilines is 1. The van der Waals surface area contributed by atoms with E-state index < -0.39 is 0 Å². The Bertz CT molecular complexity index is 699. The van der Waals surface area contributed by atoms with Crippen LogP contribution in [-0.4, -0.2) is 44.1 Å². The number of hydrogen-bond donors (Lipinski definition) is 2. The second-order valence-electron chi connectivity index (χ2n) is 6.63. The Hall–Kier alpha value is -2.37. The van der Waals surface area contributed by atoms with Gasteiger partial charge in [0.25, 0.3) is 5.91 Å². The summed E-state index contributed by atoms with van der Waals surface area (Å²) < 4.78 is 5.12. The zero-order valence-electron chi connectivity index (χ0n) is 16.1. The Labute approximate surface area is 156 Å². The highest BCUT2D eigenvalue weighted by atomic mass is 16.5. The molecule has 2 aromatic rings. The second kappa shape index (κ2) is 9.94. The Morgan fingerprint density at radius 1 is 1.15 bits per heavy atom. The largest absolute Gasteiger partial charge is 0.497 e. The third-order valence-electron chi connectivity index (χ3n) is 4.39. The fourth-order valence-corrected chi connectivity index (χ4v) is 2.45. The van der Waals surface area contributed by atoms with Crippen molar-refractivity contribution in [1.82, 2.24) is 10.2 Å². The molecule has 0 spiro atoms. The van der Waals surface area contributed by atoms with E-state index >= 15 is 0 Å². The van der Waals surface area contributed by atoms with Crippen LogP contribution >= 0.6 is 0 Å². The first kappa shape index (κ1) is 19.9. The molecule has 5 heteroatoms. The van der Waals surface area contributed by atoms with Gasteiger partial charge in [0.05, 0.1) is 7.11 Å². The van der Waals surface area contributed by atoms with E-state index in [2.05, 4.69) is 42.5 Å². The molecule has 0 radical (unpaired) electrons. The first-order chi connectivity index (χ1) is 12.5. The van der Waals surface area contributed by atoms with Gasteiger partial charge in [-0.05, 0) is 62.9 Å². The van der Waals surface area contributed by atoms with E-state index in [1.165, 1.54) is 0 Å². The van der Waals surface area contributed by atoms with Gasteiger partial charge in [0, 0.05) is 36.9 Å². The zero-order chi connectivity index (χ0) is 18.9.